The molecule has 3 rings (SSSR count). The van der Waals surface area contributed by atoms with Crippen molar-refractivity contribution in [3.05, 3.63) is 23.8 Å². The first-order valence-electron chi connectivity index (χ1n) is 9.05. The third kappa shape index (κ3) is 2.92. The van der Waals surface area contributed by atoms with E-state index in [4.69, 9.17) is 4.74 Å². The van der Waals surface area contributed by atoms with Crippen LogP contribution in [-0.4, -0.2) is 33.6 Å². The summed E-state index contributed by atoms with van der Waals surface area (Å²) in [4.78, 5) is 0. The number of hydrogen-bond acceptors (Lipinski definition) is 3. The molecule has 23 heavy (non-hydrogen) atoms. The van der Waals surface area contributed by atoms with E-state index in [1.807, 2.05) is 13.8 Å². The van der Waals surface area contributed by atoms with E-state index in [1.165, 1.54) is 5.57 Å². The lowest BCUT2D eigenvalue weighted by atomic mass is 9.59. The maximum atomic E-state index is 11.1. The number of fused-ring (bicyclic) bond motifs is 5. The Morgan fingerprint density at radius 1 is 1.26 bits per heavy atom. The maximum Gasteiger partial charge on any atom is 0.0901 e. The highest BCUT2D eigenvalue weighted by molar-refractivity contribution is 5.17. The highest BCUT2D eigenvalue weighted by atomic mass is 16.5. The predicted molar refractivity (Wildman–Crippen MR) is 92.0 cm³/mol. The van der Waals surface area contributed by atoms with Gasteiger partial charge in [0.05, 0.1) is 23.4 Å². The molecule has 0 aromatic heterocycles. The van der Waals surface area contributed by atoms with Crippen molar-refractivity contribution in [1.82, 2.24) is 0 Å². The van der Waals surface area contributed by atoms with Crippen molar-refractivity contribution >= 4 is 0 Å². The van der Waals surface area contributed by atoms with Gasteiger partial charge in [0.1, 0.15) is 0 Å². The summed E-state index contributed by atoms with van der Waals surface area (Å²) >= 11 is 0. The fraction of sp³-hybridized carbons (Fsp3) is 0.800. The van der Waals surface area contributed by atoms with Gasteiger partial charge in [0.2, 0.25) is 0 Å². The first-order valence-corrected chi connectivity index (χ1v) is 9.05. The van der Waals surface area contributed by atoms with Gasteiger partial charge in [-0.2, -0.15) is 0 Å². The Hall–Kier alpha value is -0.640. The SMILES string of the molecule is C=C(C)[C@H]1CC[C@](C)(O)[C@H]2[C@@H]1[C@H]1O[C@@H]2C/C(C)=C\CC[C@@]1(C)O. The van der Waals surface area contributed by atoms with Gasteiger partial charge in [-0.3, -0.25) is 0 Å². The van der Waals surface area contributed by atoms with Crippen LogP contribution in [-0.2, 0) is 4.74 Å². The van der Waals surface area contributed by atoms with Crippen molar-refractivity contribution in [3.63, 3.8) is 0 Å². The van der Waals surface area contributed by atoms with Crippen molar-refractivity contribution in [1.29, 1.82) is 0 Å². The van der Waals surface area contributed by atoms with Crippen molar-refractivity contribution in [2.45, 2.75) is 83.2 Å². The van der Waals surface area contributed by atoms with E-state index < -0.39 is 11.2 Å². The van der Waals surface area contributed by atoms with Gasteiger partial charge in [-0.25, -0.2) is 0 Å². The van der Waals surface area contributed by atoms with E-state index >= 15 is 0 Å². The lowest BCUT2D eigenvalue weighted by molar-refractivity contribution is -0.113. The molecule has 0 aromatic rings. The quantitative estimate of drug-likeness (QED) is 0.726. The fourth-order valence-corrected chi connectivity index (χ4v) is 5.35. The van der Waals surface area contributed by atoms with Crippen LogP contribution < -0.4 is 0 Å². The first-order chi connectivity index (χ1) is 10.6. The van der Waals surface area contributed by atoms with Crippen molar-refractivity contribution in [3.8, 4) is 0 Å². The first kappa shape index (κ1) is 17.2. The molecule has 0 amide bonds. The average molecular weight is 320 g/mol. The van der Waals surface area contributed by atoms with Crippen LogP contribution in [0.4, 0.5) is 0 Å². The number of aliphatic hydroxyl groups is 2. The molecule has 130 valence electrons. The Kier molecular flexibility index (Phi) is 4.27. The normalized spacial score (nSPS) is 52.6. The van der Waals surface area contributed by atoms with Gasteiger partial charge >= 0.3 is 0 Å². The zero-order valence-corrected chi connectivity index (χ0v) is 15.0. The van der Waals surface area contributed by atoms with Crippen LogP contribution in [0.15, 0.2) is 23.8 Å². The summed E-state index contributed by atoms with van der Waals surface area (Å²) in [7, 11) is 0. The Morgan fingerprint density at radius 3 is 2.61 bits per heavy atom. The minimum absolute atomic E-state index is 0.0111. The molecular weight excluding hydrogens is 288 g/mol. The van der Waals surface area contributed by atoms with Crippen LogP contribution >= 0.6 is 0 Å². The van der Waals surface area contributed by atoms with E-state index in [2.05, 4.69) is 26.5 Å². The summed E-state index contributed by atoms with van der Waals surface area (Å²) in [5.41, 5.74) is 0.871. The highest BCUT2D eigenvalue weighted by Gasteiger charge is 2.60. The third-order valence-electron chi connectivity index (χ3n) is 6.54. The monoisotopic (exact) mass is 320 g/mol. The van der Waals surface area contributed by atoms with E-state index in [0.717, 1.165) is 31.3 Å². The van der Waals surface area contributed by atoms with Gasteiger partial charge in [0.25, 0.3) is 0 Å². The molecule has 2 heterocycles. The second-order valence-electron chi connectivity index (χ2n) is 8.70. The van der Waals surface area contributed by atoms with E-state index in [9.17, 15) is 10.2 Å². The molecule has 1 saturated heterocycles. The highest BCUT2D eigenvalue weighted by Crippen LogP contribution is 2.56. The second kappa shape index (κ2) is 5.72. The maximum absolute atomic E-state index is 11.1. The Morgan fingerprint density at radius 2 is 1.96 bits per heavy atom. The molecule has 0 aromatic carbocycles. The average Bonchev–Trinajstić information content (AvgIpc) is 2.80. The molecule has 3 nitrogen and oxygen atoms in total. The molecule has 1 aliphatic carbocycles. The zero-order valence-electron chi connectivity index (χ0n) is 15.0. The topological polar surface area (TPSA) is 49.7 Å². The smallest absolute Gasteiger partial charge is 0.0901 e. The van der Waals surface area contributed by atoms with Crippen LogP contribution in [0.3, 0.4) is 0 Å². The molecular formula is C20H32O3. The molecule has 3 heteroatoms. The summed E-state index contributed by atoms with van der Waals surface area (Å²) in [5, 5.41) is 22.2. The molecule has 2 bridgehead atoms. The zero-order chi connectivity index (χ0) is 17.0. The summed E-state index contributed by atoms with van der Waals surface area (Å²) < 4.78 is 6.44. The number of ether oxygens (including phenoxy) is 1. The predicted octanol–water partition coefficient (Wildman–Crippen LogP) is 3.60. The van der Waals surface area contributed by atoms with Gasteiger partial charge in [-0.15, -0.1) is 0 Å². The fourth-order valence-electron chi connectivity index (χ4n) is 5.35. The van der Waals surface area contributed by atoms with Gasteiger partial charge in [-0.05, 0) is 65.7 Å². The molecule has 2 N–H and O–H groups in total. The second-order valence-corrected chi connectivity index (χ2v) is 8.70. The minimum Gasteiger partial charge on any atom is -0.390 e. The molecule has 0 spiro atoms. The van der Waals surface area contributed by atoms with Crippen LogP contribution in [0, 0.1) is 17.8 Å². The lowest BCUT2D eigenvalue weighted by Gasteiger charge is -2.47. The Bertz CT molecular complexity index is 517. The molecule has 0 radical (unpaired) electrons. The van der Waals surface area contributed by atoms with Crippen molar-refractivity contribution in [2.75, 3.05) is 0 Å². The standard InChI is InChI=1S/C20H32O3/c1-12(2)14-8-10-19(4,21)17-15-11-13(3)7-6-9-20(5,22)18(23-15)16(14)17/h7,14-18,21-22H,1,6,8-11H2,2-5H3/b13-7-/t14-,15-,16-,17-,18-,19+,20-/m1/s1. The molecule has 2 fully saturated rings. The number of allylic oxidation sites excluding steroid dienone is 2. The summed E-state index contributed by atoms with van der Waals surface area (Å²) in [6.45, 7) is 12.3. The molecule has 7 atom stereocenters. The van der Waals surface area contributed by atoms with E-state index in [0.29, 0.717) is 12.3 Å². The van der Waals surface area contributed by atoms with Crippen LogP contribution in [0.5, 0.6) is 0 Å². The number of rotatable bonds is 1. The largest absolute Gasteiger partial charge is 0.390 e. The Balaban J connectivity index is 2.06. The van der Waals surface area contributed by atoms with Gasteiger partial charge < -0.3 is 14.9 Å². The van der Waals surface area contributed by atoms with Crippen LogP contribution in [0.2, 0.25) is 0 Å². The summed E-state index contributed by atoms with van der Waals surface area (Å²) in [6.07, 6.45) is 6.15. The van der Waals surface area contributed by atoms with Gasteiger partial charge in [0, 0.05) is 11.8 Å². The van der Waals surface area contributed by atoms with E-state index in [1.54, 1.807) is 0 Å². The van der Waals surface area contributed by atoms with Crippen molar-refractivity contribution < 1.29 is 14.9 Å². The van der Waals surface area contributed by atoms with Crippen molar-refractivity contribution in [2.24, 2.45) is 17.8 Å². The summed E-state index contributed by atoms with van der Waals surface area (Å²) in [6, 6.07) is 0. The van der Waals surface area contributed by atoms with Crippen LogP contribution in [0.25, 0.3) is 0 Å². The Labute approximate surface area is 140 Å². The third-order valence-corrected chi connectivity index (χ3v) is 6.54. The molecule has 0 unspecified atom stereocenters. The lowest BCUT2D eigenvalue weighted by Crippen LogP contribution is -2.53. The summed E-state index contributed by atoms with van der Waals surface area (Å²) in [5.74, 6) is 0.545. The molecule has 1 saturated carbocycles. The van der Waals surface area contributed by atoms with E-state index in [-0.39, 0.29) is 24.0 Å². The number of hydrogen-bond donors (Lipinski definition) is 2. The van der Waals surface area contributed by atoms with Gasteiger partial charge in [-0.1, -0.05) is 23.8 Å². The molecule has 2 aliphatic heterocycles. The van der Waals surface area contributed by atoms with Gasteiger partial charge in [0.15, 0.2) is 0 Å². The minimum atomic E-state index is -0.861. The molecule has 3 aliphatic rings. The van der Waals surface area contributed by atoms with Crippen LogP contribution in [0.1, 0.15) is 59.8 Å².